The molecule has 0 amide bonds. The summed E-state index contributed by atoms with van der Waals surface area (Å²) in [6, 6.07) is 0. The highest BCUT2D eigenvalue weighted by molar-refractivity contribution is 4.88. The van der Waals surface area contributed by atoms with Crippen molar-refractivity contribution in [3.8, 4) is 0 Å². The molecule has 90 valence electrons. The summed E-state index contributed by atoms with van der Waals surface area (Å²) in [7, 11) is 0. The molecule has 0 bridgehead atoms. The van der Waals surface area contributed by atoms with E-state index in [-0.39, 0.29) is 0 Å². The summed E-state index contributed by atoms with van der Waals surface area (Å²) < 4.78 is 0. The van der Waals surface area contributed by atoms with Crippen molar-refractivity contribution in [2.24, 2.45) is 23.7 Å². The average Bonchev–Trinajstić information content (AvgIpc) is 2.94. The third kappa shape index (κ3) is 4.17. The van der Waals surface area contributed by atoms with Crippen LogP contribution in [0.4, 0.5) is 0 Å². The molecule has 0 aliphatic heterocycles. The molecule has 4 unspecified atom stereocenters. The molecule has 1 aliphatic rings. The molecule has 0 saturated heterocycles. The predicted molar refractivity (Wildman–Crippen MR) is 69.0 cm³/mol. The summed E-state index contributed by atoms with van der Waals surface area (Å²) in [5.74, 6) is 4.19. The van der Waals surface area contributed by atoms with E-state index in [0.717, 1.165) is 23.7 Å². The highest BCUT2D eigenvalue weighted by Gasteiger charge is 2.37. The second-order valence-electron chi connectivity index (χ2n) is 5.71. The molecule has 0 aromatic rings. The van der Waals surface area contributed by atoms with Crippen molar-refractivity contribution in [1.82, 2.24) is 0 Å². The van der Waals surface area contributed by atoms with Gasteiger partial charge in [0.15, 0.2) is 0 Å². The number of rotatable bonds is 8. The van der Waals surface area contributed by atoms with Crippen LogP contribution >= 0.6 is 0 Å². The summed E-state index contributed by atoms with van der Waals surface area (Å²) in [6.45, 7) is 9.50. The molecular formula is C15H30. The summed E-state index contributed by atoms with van der Waals surface area (Å²) in [4.78, 5) is 0. The Labute approximate surface area is 96.8 Å². The molecule has 0 radical (unpaired) electrons. The normalized spacial score (nSPS) is 28.8. The van der Waals surface area contributed by atoms with E-state index in [4.69, 9.17) is 0 Å². The molecule has 4 atom stereocenters. The largest absolute Gasteiger partial charge is 0.0654 e. The van der Waals surface area contributed by atoms with Gasteiger partial charge in [0.1, 0.15) is 0 Å². The van der Waals surface area contributed by atoms with Gasteiger partial charge in [-0.1, -0.05) is 59.8 Å². The maximum atomic E-state index is 2.47. The maximum absolute atomic E-state index is 2.47. The molecule has 1 saturated carbocycles. The third-order valence-corrected chi connectivity index (χ3v) is 4.41. The van der Waals surface area contributed by atoms with Crippen LogP contribution in [-0.2, 0) is 0 Å². The van der Waals surface area contributed by atoms with Crippen LogP contribution in [0.3, 0.4) is 0 Å². The molecule has 0 N–H and O–H groups in total. The van der Waals surface area contributed by atoms with Gasteiger partial charge in [-0.15, -0.1) is 0 Å². The predicted octanol–water partition coefficient (Wildman–Crippen LogP) is 5.28. The van der Waals surface area contributed by atoms with Crippen molar-refractivity contribution in [1.29, 1.82) is 0 Å². The minimum absolute atomic E-state index is 0.961. The Morgan fingerprint density at radius 3 is 2.33 bits per heavy atom. The molecule has 1 fully saturated rings. The average molecular weight is 210 g/mol. The zero-order chi connectivity index (χ0) is 11.3. The zero-order valence-electron chi connectivity index (χ0n) is 11.3. The summed E-state index contributed by atoms with van der Waals surface area (Å²) >= 11 is 0. The van der Waals surface area contributed by atoms with Crippen molar-refractivity contribution in [3.63, 3.8) is 0 Å². The maximum Gasteiger partial charge on any atom is -0.0380 e. The van der Waals surface area contributed by atoms with Crippen molar-refractivity contribution < 1.29 is 0 Å². The van der Waals surface area contributed by atoms with Crippen molar-refractivity contribution in [2.75, 3.05) is 0 Å². The highest BCUT2D eigenvalue weighted by Crippen LogP contribution is 2.47. The monoisotopic (exact) mass is 210 g/mol. The van der Waals surface area contributed by atoms with Crippen molar-refractivity contribution >= 4 is 0 Å². The van der Waals surface area contributed by atoms with Crippen LogP contribution in [0.15, 0.2) is 0 Å². The lowest BCUT2D eigenvalue weighted by Crippen LogP contribution is -2.12. The van der Waals surface area contributed by atoms with Crippen LogP contribution in [-0.4, -0.2) is 0 Å². The van der Waals surface area contributed by atoms with Crippen molar-refractivity contribution in [2.45, 2.75) is 72.6 Å². The van der Waals surface area contributed by atoms with E-state index in [9.17, 15) is 0 Å². The Kier molecular flexibility index (Phi) is 5.71. The quantitative estimate of drug-likeness (QED) is 0.511. The van der Waals surface area contributed by atoms with E-state index in [1.807, 2.05) is 0 Å². The van der Waals surface area contributed by atoms with Gasteiger partial charge in [-0.25, -0.2) is 0 Å². The van der Waals surface area contributed by atoms with Gasteiger partial charge in [0.25, 0.3) is 0 Å². The first kappa shape index (κ1) is 13.1. The summed E-state index contributed by atoms with van der Waals surface area (Å²) in [5, 5.41) is 0. The molecule has 0 aromatic heterocycles. The Morgan fingerprint density at radius 1 is 1.07 bits per heavy atom. The van der Waals surface area contributed by atoms with Crippen LogP contribution in [0, 0.1) is 23.7 Å². The topological polar surface area (TPSA) is 0 Å². The SMILES string of the molecule is CCCC(C)C(CC)CC1CC1CCC. The fraction of sp³-hybridized carbons (Fsp3) is 1.00. The molecule has 0 nitrogen and oxygen atoms in total. The Hall–Kier alpha value is 0. The van der Waals surface area contributed by atoms with Gasteiger partial charge in [-0.2, -0.15) is 0 Å². The lowest BCUT2D eigenvalue weighted by molar-refractivity contribution is 0.288. The molecule has 15 heavy (non-hydrogen) atoms. The number of hydrogen-bond donors (Lipinski definition) is 0. The second-order valence-corrected chi connectivity index (χ2v) is 5.71. The molecule has 0 heteroatoms. The van der Waals surface area contributed by atoms with E-state index in [0.29, 0.717) is 0 Å². The Morgan fingerprint density at radius 2 is 1.80 bits per heavy atom. The van der Waals surface area contributed by atoms with Crippen LogP contribution < -0.4 is 0 Å². The van der Waals surface area contributed by atoms with E-state index in [2.05, 4.69) is 27.7 Å². The van der Waals surface area contributed by atoms with Gasteiger partial charge in [-0.3, -0.25) is 0 Å². The van der Waals surface area contributed by atoms with Gasteiger partial charge in [0, 0.05) is 0 Å². The smallest absolute Gasteiger partial charge is 0.0380 e. The van der Waals surface area contributed by atoms with Gasteiger partial charge in [0.05, 0.1) is 0 Å². The van der Waals surface area contributed by atoms with Crippen molar-refractivity contribution in [3.05, 3.63) is 0 Å². The minimum Gasteiger partial charge on any atom is -0.0654 e. The van der Waals surface area contributed by atoms with Gasteiger partial charge >= 0.3 is 0 Å². The molecule has 0 aromatic carbocycles. The summed E-state index contributed by atoms with van der Waals surface area (Å²) in [6.07, 6.45) is 10.2. The van der Waals surface area contributed by atoms with Crippen LogP contribution in [0.1, 0.15) is 72.6 Å². The molecular weight excluding hydrogens is 180 g/mol. The van der Waals surface area contributed by atoms with Gasteiger partial charge < -0.3 is 0 Å². The lowest BCUT2D eigenvalue weighted by Gasteiger charge is -2.22. The van der Waals surface area contributed by atoms with Crippen LogP contribution in [0.25, 0.3) is 0 Å². The summed E-state index contributed by atoms with van der Waals surface area (Å²) in [5.41, 5.74) is 0. The Balaban J connectivity index is 2.23. The fourth-order valence-corrected chi connectivity index (χ4v) is 3.20. The lowest BCUT2D eigenvalue weighted by atomic mass is 9.84. The first-order chi connectivity index (χ1) is 7.22. The Bertz CT molecular complexity index is 161. The first-order valence-electron chi connectivity index (χ1n) is 7.22. The number of hydrogen-bond acceptors (Lipinski definition) is 0. The molecule has 0 heterocycles. The van der Waals surface area contributed by atoms with E-state index in [1.54, 1.807) is 6.42 Å². The minimum atomic E-state index is 0.961. The first-order valence-corrected chi connectivity index (χ1v) is 7.22. The van der Waals surface area contributed by atoms with E-state index in [1.165, 1.54) is 38.5 Å². The third-order valence-electron chi connectivity index (χ3n) is 4.41. The van der Waals surface area contributed by atoms with Crippen LogP contribution in [0.5, 0.6) is 0 Å². The fourth-order valence-electron chi connectivity index (χ4n) is 3.20. The van der Waals surface area contributed by atoms with Crippen LogP contribution in [0.2, 0.25) is 0 Å². The van der Waals surface area contributed by atoms with Gasteiger partial charge in [-0.05, 0) is 36.5 Å². The molecule has 0 spiro atoms. The molecule has 1 aliphatic carbocycles. The second kappa shape index (κ2) is 6.55. The highest BCUT2D eigenvalue weighted by atomic mass is 14.4. The van der Waals surface area contributed by atoms with Gasteiger partial charge in [0.2, 0.25) is 0 Å². The standard InChI is InChI=1S/C15H30/c1-5-8-12(4)13(7-3)10-15-11-14(15)9-6-2/h12-15H,5-11H2,1-4H3. The molecule has 1 rings (SSSR count). The zero-order valence-corrected chi connectivity index (χ0v) is 11.3. The van der Waals surface area contributed by atoms with E-state index < -0.39 is 0 Å². The van der Waals surface area contributed by atoms with E-state index >= 15 is 0 Å².